The van der Waals surface area contributed by atoms with E-state index in [1.807, 2.05) is 26.1 Å². The van der Waals surface area contributed by atoms with E-state index in [9.17, 15) is 8.42 Å². The van der Waals surface area contributed by atoms with Crippen LogP contribution in [0.1, 0.15) is 25.3 Å². The Kier molecular flexibility index (Phi) is 4.60. The summed E-state index contributed by atoms with van der Waals surface area (Å²) in [6, 6.07) is 7.53. The zero-order valence-electron chi connectivity index (χ0n) is 11.6. The Morgan fingerprint density at radius 1 is 1.42 bits per heavy atom. The van der Waals surface area contributed by atoms with Crippen LogP contribution in [0.3, 0.4) is 0 Å². The Morgan fingerprint density at radius 3 is 2.89 bits per heavy atom. The molecule has 0 spiro atoms. The van der Waals surface area contributed by atoms with Crippen LogP contribution >= 0.6 is 0 Å². The summed E-state index contributed by atoms with van der Waals surface area (Å²) < 4.78 is 26.8. The lowest BCUT2D eigenvalue weighted by Gasteiger charge is -2.31. The third-order valence-corrected chi connectivity index (χ3v) is 5.60. The van der Waals surface area contributed by atoms with Gasteiger partial charge in [0, 0.05) is 19.1 Å². The minimum Gasteiger partial charge on any atom is -0.316 e. The fourth-order valence-electron chi connectivity index (χ4n) is 2.47. The highest BCUT2D eigenvalue weighted by atomic mass is 32.2. The van der Waals surface area contributed by atoms with Gasteiger partial charge < -0.3 is 5.32 Å². The first-order valence-electron chi connectivity index (χ1n) is 6.84. The van der Waals surface area contributed by atoms with Crippen LogP contribution in [0.2, 0.25) is 0 Å². The first-order valence-corrected chi connectivity index (χ1v) is 8.28. The zero-order valence-corrected chi connectivity index (χ0v) is 12.4. The first kappa shape index (κ1) is 14.5. The van der Waals surface area contributed by atoms with Crippen LogP contribution in [-0.2, 0) is 16.4 Å². The molecule has 1 aliphatic rings. The van der Waals surface area contributed by atoms with Crippen molar-refractivity contribution in [3.63, 3.8) is 0 Å². The molecule has 1 saturated heterocycles. The molecule has 2 rings (SSSR count). The molecule has 1 heterocycles. The van der Waals surface area contributed by atoms with Gasteiger partial charge in [-0.05, 0) is 44.0 Å². The van der Waals surface area contributed by atoms with E-state index < -0.39 is 10.0 Å². The Morgan fingerprint density at radius 2 is 2.21 bits per heavy atom. The van der Waals surface area contributed by atoms with Crippen LogP contribution < -0.4 is 5.32 Å². The minimum absolute atomic E-state index is 0.262. The van der Waals surface area contributed by atoms with Crippen molar-refractivity contribution in [2.75, 3.05) is 20.1 Å². The highest BCUT2D eigenvalue weighted by Crippen LogP contribution is 2.21. The van der Waals surface area contributed by atoms with Crippen LogP contribution in [0.25, 0.3) is 0 Å². The van der Waals surface area contributed by atoms with Gasteiger partial charge in [0.15, 0.2) is 0 Å². The first-order chi connectivity index (χ1) is 9.07. The van der Waals surface area contributed by atoms with Crippen molar-refractivity contribution in [3.8, 4) is 0 Å². The predicted octanol–water partition coefficient (Wildman–Crippen LogP) is 1.62. The lowest BCUT2D eigenvalue weighted by molar-refractivity contribution is 0.293. The smallest absolute Gasteiger partial charge is 0.243 e. The van der Waals surface area contributed by atoms with Gasteiger partial charge in [-0.3, -0.25) is 0 Å². The lowest BCUT2D eigenvalue weighted by Crippen LogP contribution is -2.46. The average Bonchev–Trinajstić information content (AvgIpc) is 2.47. The molecule has 1 aliphatic heterocycles. The van der Waals surface area contributed by atoms with Gasteiger partial charge in [0.2, 0.25) is 10.0 Å². The van der Waals surface area contributed by atoms with Crippen molar-refractivity contribution in [2.24, 2.45) is 0 Å². The Labute approximate surface area is 115 Å². The highest BCUT2D eigenvalue weighted by Gasteiger charge is 2.29. The summed E-state index contributed by atoms with van der Waals surface area (Å²) in [6.07, 6.45) is 2.80. The summed E-state index contributed by atoms with van der Waals surface area (Å²) >= 11 is 0. The van der Waals surface area contributed by atoms with Gasteiger partial charge in [0.1, 0.15) is 0 Å². The summed E-state index contributed by atoms with van der Waals surface area (Å²) in [5.74, 6) is 0. The number of hydrogen-bond acceptors (Lipinski definition) is 3. The van der Waals surface area contributed by atoms with E-state index in [-0.39, 0.29) is 6.04 Å². The van der Waals surface area contributed by atoms with Gasteiger partial charge in [-0.1, -0.05) is 19.1 Å². The largest absolute Gasteiger partial charge is 0.316 e. The second kappa shape index (κ2) is 6.03. The summed E-state index contributed by atoms with van der Waals surface area (Å²) in [5, 5.41) is 3.17. The number of nitrogens with zero attached hydrogens (tertiary/aromatic N) is 1. The quantitative estimate of drug-likeness (QED) is 0.913. The molecule has 0 aliphatic carbocycles. The number of rotatable bonds is 4. The summed E-state index contributed by atoms with van der Waals surface area (Å²) in [5.41, 5.74) is 1.06. The molecule has 0 amide bonds. The Hall–Kier alpha value is -0.910. The number of aryl methyl sites for hydroxylation is 1. The number of sulfonamides is 1. The van der Waals surface area contributed by atoms with Crippen LogP contribution in [0.15, 0.2) is 29.2 Å². The summed E-state index contributed by atoms with van der Waals surface area (Å²) in [6.45, 7) is 3.22. The molecule has 1 atom stereocenters. The van der Waals surface area contributed by atoms with Gasteiger partial charge in [-0.15, -0.1) is 0 Å². The molecule has 5 heteroatoms. The maximum atomic E-state index is 12.6. The summed E-state index contributed by atoms with van der Waals surface area (Å²) in [4.78, 5) is 0.420. The lowest BCUT2D eigenvalue weighted by atomic mass is 10.1. The number of hydrogen-bond donors (Lipinski definition) is 1. The van der Waals surface area contributed by atoms with Crippen molar-refractivity contribution in [3.05, 3.63) is 29.8 Å². The van der Waals surface area contributed by atoms with Crippen LogP contribution in [0, 0.1) is 0 Å². The van der Waals surface area contributed by atoms with Gasteiger partial charge >= 0.3 is 0 Å². The molecule has 0 saturated carbocycles. The molecular formula is C14H22N2O2S. The van der Waals surface area contributed by atoms with E-state index in [1.54, 1.807) is 16.4 Å². The molecule has 0 aromatic heterocycles. The molecule has 4 nitrogen and oxygen atoms in total. The van der Waals surface area contributed by atoms with E-state index in [2.05, 4.69) is 5.32 Å². The molecule has 1 aromatic rings. The molecule has 19 heavy (non-hydrogen) atoms. The van der Waals surface area contributed by atoms with Crippen LogP contribution in [0.5, 0.6) is 0 Å². The van der Waals surface area contributed by atoms with Crippen LogP contribution in [-0.4, -0.2) is 38.9 Å². The molecule has 1 aromatic carbocycles. The second-order valence-corrected chi connectivity index (χ2v) is 6.93. The molecule has 0 radical (unpaired) electrons. The standard InChI is InChI=1S/C14H22N2O2S/c1-3-12-6-4-8-14(10-12)19(17,18)16-9-5-7-13(11-16)15-2/h4,6,8,10,13,15H,3,5,7,9,11H2,1-2H3. The minimum atomic E-state index is -3.34. The van der Waals surface area contributed by atoms with Crippen molar-refractivity contribution in [1.29, 1.82) is 0 Å². The van der Waals surface area contributed by atoms with Gasteiger partial charge in [0.05, 0.1) is 4.90 Å². The van der Waals surface area contributed by atoms with Gasteiger partial charge in [-0.25, -0.2) is 8.42 Å². The molecular weight excluding hydrogens is 260 g/mol. The SMILES string of the molecule is CCc1cccc(S(=O)(=O)N2CCCC(NC)C2)c1. The van der Waals surface area contributed by atoms with Gasteiger partial charge in [0.25, 0.3) is 0 Å². The van der Waals surface area contributed by atoms with Crippen molar-refractivity contribution < 1.29 is 8.42 Å². The third kappa shape index (κ3) is 3.16. The van der Waals surface area contributed by atoms with E-state index >= 15 is 0 Å². The van der Waals surface area contributed by atoms with E-state index in [4.69, 9.17) is 0 Å². The maximum Gasteiger partial charge on any atom is 0.243 e. The van der Waals surface area contributed by atoms with Crippen LogP contribution in [0.4, 0.5) is 0 Å². The molecule has 106 valence electrons. The van der Waals surface area contributed by atoms with Crippen molar-refractivity contribution >= 4 is 10.0 Å². The predicted molar refractivity (Wildman–Crippen MR) is 76.7 cm³/mol. The van der Waals surface area contributed by atoms with Crippen molar-refractivity contribution in [2.45, 2.75) is 37.1 Å². The third-order valence-electron chi connectivity index (χ3n) is 3.74. The normalized spacial score (nSPS) is 21.5. The maximum absolute atomic E-state index is 12.6. The number of piperidine rings is 1. The monoisotopic (exact) mass is 282 g/mol. The molecule has 1 fully saturated rings. The number of nitrogens with one attached hydrogen (secondary N) is 1. The number of benzene rings is 1. The molecule has 0 bridgehead atoms. The topological polar surface area (TPSA) is 49.4 Å². The van der Waals surface area contributed by atoms with E-state index in [0.29, 0.717) is 18.0 Å². The second-order valence-electron chi connectivity index (χ2n) is 4.99. The Bertz CT molecular complexity index is 528. The van der Waals surface area contributed by atoms with Crippen molar-refractivity contribution in [1.82, 2.24) is 9.62 Å². The molecule has 1 N–H and O–H groups in total. The zero-order chi connectivity index (χ0) is 13.9. The van der Waals surface area contributed by atoms with Gasteiger partial charge in [-0.2, -0.15) is 4.31 Å². The summed E-state index contributed by atoms with van der Waals surface area (Å²) in [7, 11) is -1.46. The average molecular weight is 282 g/mol. The molecule has 1 unspecified atom stereocenters. The number of likely N-dealkylation sites (N-methyl/N-ethyl adjacent to an activating group) is 1. The van der Waals surface area contributed by atoms with E-state index in [1.165, 1.54) is 0 Å². The van der Waals surface area contributed by atoms with E-state index in [0.717, 1.165) is 24.8 Å². The Balaban J connectivity index is 2.25. The fourth-order valence-corrected chi connectivity index (χ4v) is 4.07. The fraction of sp³-hybridized carbons (Fsp3) is 0.571. The highest BCUT2D eigenvalue weighted by molar-refractivity contribution is 7.89.